The molecule has 0 bridgehead atoms. The molecule has 29 heavy (non-hydrogen) atoms. The van der Waals surface area contributed by atoms with Gasteiger partial charge in [0.15, 0.2) is 11.2 Å². The van der Waals surface area contributed by atoms with Gasteiger partial charge in [-0.3, -0.25) is 9.59 Å². The number of hydrogen-bond donors (Lipinski definition) is 3. The number of hydrogen-bond acceptors (Lipinski definition) is 6. The molecule has 0 saturated heterocycles. The topological polar surface area (TPSA) is 106 Å². The molecular weight excluding hydrogens is 376 g/mol. The number of benzene rings is 2. The number of aromatic hydroxyl groups is 1. The Morgan fingerprint density at radius 1 is 0.828 bits per heavy atom. The van der Waals surface area contributed by atoms with Gasteiger partial charge in [-0.15, -0.1) is 0 Å². The zero-order chi connectivity index (χ0) is 21.4. The molecule has 2 aromatic rings. The van der Waals surface area contributed by atoms with Gasteiger partial charge in [0.25, 0.3) is 11.8 Å². The molecule has 154 valence electrons. The van der Waals surface area contributed by atoms with Crippen molar-refractivity contribution in [3.05, 3.63) is 36.4 Å². The first kappa shape index (κ1) is 20.3. The molecule has 0 aromatic heterocycles. The SMILES string of the molecule is CC1(C)Oc2ccc(O)cc2NC1=O.COc1ccc2c(c1)NC(=O)C(C)(C)O2. The van der Waals surface area contributed by atoms with Crippen molar-refractivity contribution in [2.45, 2.75) is 38.9 Å². The van der Waals surface area contributed by atoms with Gasteiger partial charge < -0.3 is 30.0 Å². The Bertz CT molecular complexity index is 968. The predicted molar refractivity (Wildman–Crippen MR) is 108 cm³/mol. The van der Waals surface area contributed by atoms with E-state index in [0.717, 1.165) is 0 Å². The zero-order valence-electron chi connectivity index (χ0n) is 17.0. The van der Waals surface area contributed by atoms with Crippen LogP contribution in [0.15, 0.2) is 36.4 Å². The molecule has 8 heteroatoms. The van der Waals surface area contributed by atoms with Gasteiger partial charge >= 0.3 is 0 Å². The highest BCUT2D eigenvalue weighted by Crippen LogP contribution is 2.36. The van der Waals surface area contributed by atoms with E-state index in [2.05, 4.69) is 10.6 Å². The smallest absolute Gasteiger partial charge is 0.268 e. The Hall–Kier alpha value is -3.42. The third-order valence-corrected chi connectivity index (χ3v) is 4.47. The zero-order valence-corrected chi connectivity index (χ0v) is 17.0. The summed E-state index contributed by atoms with van der Waals surface area (Å²) in [6.07, 6.45) is 0. The first-order chi connectivity index (χ1) is 13.5. The number of methoxy groups -OCH3 is 1. The molecule has 2 amide bonds. The van der Waals surface area contributed by atoms with E-state index in [0.29, 0.717) is 28.6 Å². The predicted octanol–water partition coefficient (Wildman–Crippen LogP) is 3.31. The van der Waals surface area contributed by atoms with Gasteiger partial charge in [-0.25, -0.2) is 0 Å². The minimum absolute atomic E-state index is 0.104. The molecule has 0 aliphatic carbocycles. The Morgan fingerprint density at radius 3 is 1.83 bits per heavy atom. The Morgan fingerprint density at radius 2 is 1.31 bits per heavy atom. The molecule has 0 fully saturated rings. The van der Waals surface area contributed by atoms with E-state index in [4.69, 9.17) is 14.2 Å². The summed E-state index contributed by atoms with van der Waals surface area (Å²) < 4.78 is 16.1. The lowest BCUT2D eigenvalue weighted by Crippen LogP contribution is -2.45. The van der Waals surface area contributed by atoms with Crippen LogP contribution in [0.25, 0.3) is 0 Å². The average Bonchev–Trinajstić information content (AvgIpc) is 2.64. The highest BCUT2D eigenvalue weighted by atomic mass is 16.5. The van der Waals surface area contributed by atoms with Gasteiger partial charge in [0.2, 0.25) is 0 Å². The highest BCUT2D eigenvalue weighted by molar-refractivity contribution is 6.01. The standard InChI is InChI=1S/C11H13NO3.C10H11NO3/c1-11(2)10(13)12-8-6-7(14-3)4-5-9(8)15-11;1-10(2)9(13)11-7-5-6(12)3-4-8(7)14-10/h4-6H,1-3H3,(H,12,13);3-5,12H,1-2H3,(H,11,13). The highest BCUT2D eigenvalue weighted by Gasteiger charge is 2.36. The quantitative estimate of drug-likeness (QED) is 0.678. The lowest BCUT2D eigenvalue weighted by molar-refractivity contribution is -0.130. The lowest BCUT2D eigenvalue weighted by atomic mass is 10.1. The maximum atomic E-state index is 11.6. The van der Waals surface area contributed by atoms with Crippen LogP contribution in [0.1, 0.15) is 27.7 Å². The molecule has 0 atom stereocenters. The summed E-state index contributed by atoms with van der Waals surface area (Å²) in [7, 11) is 1.58. The van der Waals surface area contributed by atoms with Crippen LogP contribution in [0.3, 0.4) is 0 Å². The first-order valence-electron chi connectivity index (χ1n) is 9.04. The van der Waals surface area contributed by atoms with Crippen molar-refractivity contribution in [2.24, 2.45) is 0 Å². The lowest BCUT2D eigenvalue weighted by Gasteiger charge is -2.31. The number of carbonyl (C=O) groups is 2. The summed E-state index contributed by atoms with van der Waals surface area (Å²) in [5, 5.41) is 14.6. The number of phenolic OH excluding ortho intramolecular Hbond substituents is 1. The van der Waals surface area contributed by atoms with Crippen LogP contribution in [0.5, 0.6) is 23.0 Å². The van der Waals surface area contributed by atoms with Crippen LogP contribution in [0.4, 0.5) is 11.4 Å². The van der Waals surface area contributed by atoms with E-state index >= 15 is 0 Å². The summed E-state index contributed by atoms with van der Waals surface area (Å²) in [5.41, 5.74) is -0.515. The van der Waals surface area contributed by atoms with Crippen LogP contribution >= 0.6 is 0 Å². The van der Waals surface area contributed by atoms with Crippen LogP contribution < -0.4 is 24.8 Å². The summed E-state index contributed by atoms with van der Waals surface area (Å²) in [6.45, 7) is 6.85. The number of ether oxygens (including phenoxy) is 3. The molecule has 2 aliphatic rings. The summed E-state index contributed by atoms with van der Waals surface area (Å²) in [6, 6.07) is 9.94. The van der Waals surface area contributed by atoms with E-state index in [1.165, 1.54) is 12.1 Å². The van der Waals surface area contributed by atoms with Crippen LogP contribution in [-0.4, -0.2) is 35.2 Å². The second-order valence-corrected chi connectivity index (χ2v) is 7.68. The van der Waals surface area contributed by atoms with Crippen LogP contribution in [0, 0.1) is 0 Å². The molecule has 2 aromatic carbocycles. The van der Waals surface area contributed by atoms with Gasteiger partial charge in [0.05, 0.1) is 18.5 Å². The molecule has 0 unspecified atom stereocenters. The minimum Gasteiger partial charge on any atom is -0.508 e. The molecule has 2 heterocycles. The van der Waals surface area contributed by atoms with Crippen molar-refractivity contribution in [2.75, 3.05) is 17.7 Å². The summed E-state index contributed by atoms with van der Waals surface area (Å²) in [4.78, 5) is 23.1. The molecule has 8 nitrogen and oxygen atoms in total. The number of rotatable bonds is 1. The van der Waals surface area contributed by atoms with Crippen molar-refractivity contribution in [1.29, 1.82) is 0 Å². The van der Waals surface area contributed by atoms with Crippen LogP contribution in [-0.2, 0) is 9.59 Å². The molecular formula is C21H24N2O6. The second kappa shape index (κ2) is 7.20. The largest absolute Gasteiger partial charge is 0.508 e. The van der Waals surface area contributed by atoms with E-state index in [1.807, 2.05) is 0 Å². The summed E-state index contributed by atoms with van der Waals surface area (Å²) in [5.74, 6) is 1.68. The maximum absolute atomic E-state index is 11.6. The number of anilines is 2. The normalized spacial score (nSPS) is 17.7. The van der Waals surface area contributed by atoms with Crippen molar-refractivity contribution < 1.29 is 28.9 Å². The molecule has 0 spiro atoms. The number of fused-ring (bicyclic) bond motifs is 2. The van der Waals surface area contributed by atoms with Gasteiger partial charge in [-0.1, -0.05) is 0 Å². The monoisotopic (exact) mass is 400 g/mol. The minimum atomic E-state index is -0.857. The molecule has 2 aliphatic heterocycles. The van der Waals surface area contributed by atoms with E-state index in [9.17, 15) is 14.7 Å². The van der Waals surface area contributed by atoms with Gasteiger partial charge in [-0.2, -0.15) is 0 Å². The van der Waals surface area contributed by atoms with Crippen molar-refractivity contribution in [1.82, 2.24) is 0 Å². The second-order valence-electron chi connectivity index (χ2n) is 7.68. The van der Waals surface area contributed by atoms with Crippen LogP contribution in [0.2, 0.25) is 0 Å². The van der Waals surface area contributed by atoms with Crippen molar-refractivity contribution in [3.8, 4) is 23.0 Å². The van der Waals surface area contributed by atoms with Gasteiger partial charge in [0, 0.05) is 12.1 Å². The number of nitrogens with one attached hydrogen (secondary N) is 2. The van der Waals surface area contributed by atoms with E-state index in [1.54, 1.807) is 59.1 Å². The fourth-order valence-electron chi connectivity index (χ4n) is 2.72. The Labute approximate surface area is 168 Å². The Balaban J connectivity index is 0.000000166. The average molecular weight is 400 g/mol. The number of amides is 2. The van der Waals surface area contributed by atoms with E-state index < -0.39 is 11.2 Å². The van der Waals surface area contributed by atoms with E-state index in [-0.39, 0.29) is 17.6 Å². The summed E-state index contributed by atoms with van der Waals surface area (Å²) >= 11 is 0. The maximum Gasteiger partial charge on any atom is 0.268 e. The first-order valence-corrected chi connectivity index (χ1v) is 9.04. The fourth-order valence-corrected chi connectivity index (χ4v) is 2.72. The van der Waals surface area contributed by atoms with Gasteiger partial charge in [0.1, 0.15) is 23.0 Å². The molecule has 3 N–H and O–H groups in total. The third kappa shape index (κ3) is 4.21. The molecule has 4 rings (SSSR count). The third-order valence-electron chi connectivity index (χ3n) is 4.47. The van der Waals surface area contributed by atoms with Gasteiger partial charge in [-0.05, 0) is 52.0 Å². The van der Waals surface area contributed by atoms with Crippen molar-refractivity contribution >= 4 is 23.2 Å². The fraction of sp³-hybridized carbons (Fsp3) is 0.333. The molecule has 0 radical (unpaired) electrons. The Kier molecular flexibility index (Phi) is 5.04. The number of carbonyl (C=O) groups excluding carboxylic acids is 2. The number of phenols is 1. The molecule has 0 saturated carbocycles. The van der Waals surface area contributed by atoms with Crippen molar-refractivity contribution in [3.63, 3.8) is 0 Å².